The summed E-state index contributed by atoms with van der Waals surface area (Å²) in [5.74, 6) is 0.528. The number of nitrogens with one attached hydrogen (secondary N) is 1. The first-order chi connectivity index (χ1) is 8.45. The van der Waals surface area contributed by atoms with Crippen LogP contribution in [0.25, 0.3) is 0 Å². The van der Waals surface area contributed by atoms with E-state index >= 15 is 0 Å². The quantitative estimate of drug-likeness (QED) is 0.648. The third-order valence-electron chi connectivity index (χ3n) is 2.81. The molecule has 1 aromatic rings. The number of guanidine groups is 1. The Morgan fingerprint density at radius 2 is 2.17 bits per heavy atom. The minimum absolute atomic E-state index is 0.0255. The highest BCUT2D eigenvalue weighted by atomic mass is 79.9. The molecule has 0 aliphatic rings. The van der Waals surface area contributed by atoms with Gasteiger partial charge in [0.05, 0.1) is 6.54 Å². The molecule has 1 aromatic carbocycles. The molecule has 0 bridgehead atoms. The van der Waals surface area contributed by atoms with E-state index in [0.29, 0.717) is 12.5 Å². The Morgan fingerprint density at radius 3 is 2.78 bits per heavy atom. The first kappa shape index (κ1) is 15.0. The summed E-state index contributed by atoms with van der Waals surface area (Å²) < 4.78 is 1.09. The molecule has 0 fully saturated rings. The van der Waals surface area contributed by atoms with E-state index < -0.39 is 0 Å². The molecule has 1 rings (SSSR count). The van der Waals surface area contributed by atoms with Gasteiger partial charge in [0.15, 0.2) is 5.96 Å². The van der Waals surface area contributed by atoms with E-state index in [9.17, 15) is 0 Å². The molecule has 18 heavy (non-hydrogen) atoms. The molecule has 0 heterocycles. The summed E-state index contributed by atoms with van der Waals surface area (Å²) in [6.07, 6.45) is 1.05. The lowest BCUT2D eigenvalue weighted by atomic mass is 9.85. The topological polar surface area (TPSA) is 50.4 Å². The number of nitrogens with zero attached hydrogens (tertiary/aromatic N) is 1. The summed E-state index contributed by atoms with van der Waals surface area (Å²) in [5, 5.41) is 3.09. The van der Waals surface area contributed by atoms with Crippen molar-refractivity contribution in [3.63, 3.8) is 0 Å². The molecule has 0 saturated heterocycles. The molecule has 0 saturated carbocycles. The van der Waals surface area contributed by atoms with Gasteiger partial charge in [0.2, 0.25) is 0 Å². The second-order valence-corrected chi connectivity index (χ2v) is 5.94. The third-order valence-corrected chi connectivity index (χ3v) is 3.30. The molecule has 0 aliphatic carbocycles. The molecule has 4 heteroatoms. The fraction of sp³-hybridized carbons (Fsp3) is 0.500. The van der Waals surface area contributed by atoms with Crippen LogP contribution in [0, 0.1) is 0 Å². The fourth-order valence-electron chi connectivity index (χ4n) is 1.59. The summed E-state index contributed by atoms with van der Waals surface area (Å²) in [5.41, 5.74) is 7.03. The van der Waals surface area contributed by atoms with Crippen molar-refractivity contribution in [2.24, 2.45) is 10.7 Å². The summed E-state index contributed by atoms with van der Waals surface area (Å²) in [4.78, 5) is 4.41. The van der Waals surface area contributed by atoms with Crippen LogP contribution in [0.15, 0.2) is 33.7 Å². The Labute approximate surface area is 118 Å². The Hall–Kier alpha value is -1.03. The molecule has 0 amide bonds. The normalized spacial score (nSPS) is 12.6. The van der Waals surface area contributed by atoms with Gasteiger partial charge in [-0.1, -0.05) is 48.8 Å². The molecule has 0 aliphatic heterocycles. The Bertz CT molecular complexity index is 413. The minimum Gasteiger partial charge on any atom is -0.370 e. The maximum absolute atomic E-state index is 5.80. The third kappa shape index (κ3) is 4.69. The summed E-state index contributed by atoms with van der Waals surface area (Å²) in [6.45, 7) is 7.99. The van der Waals surface area contributed by atoms with Crippen LogP contribution in [0.2, 0.25) is 0 Å². The van der Waals surface area contributed by atoms with E-state index in [1.54, 1.807) is 0 Å². The highest BCUT2D eigenvalue weighted by molar-refractivity contribution is 9.10. The number of hydrogen-bond acceptors (Lipinski definition) is 1. The Balaban J connectivity index is 2.70. The van der Waals surface area contributed by atoms with Gasteiger partial charge in [-0.25, -0.2) is 0 Å². The van der Waals surface area contributed by atoms with Crippen LogP contribution in [0.1, 0.15) is 32.8 Å². The lowest BCUT2D eigenvalue weighted by Gasteiger charge is -2.23. The fourth-order valence-corrected chi connectivity index (χ4v) is 1.99. The van der Waals surface area contributed by atoms with Crippen molar-refractivity contribution in [3.05, 3.63) is 34.3 Å². The van der Waals surface area contributed by atoms with Crippen LogP contribution in [-0.2, 0) is 5.41 Å². The molecule has 0 atom stereocenters. The number of benzene rings is 1. The van der Waals surface area contributed by atoms with E-state index in [-0.39, 0.29) is 5.41 Å². The van der Waals surface area contributed by atoms with Crippen LogP contribution in [0.4, 0.5) is 0 Å². The Kier molecular flexibility index (Phi) is 5.66. The molecule has 0 radical (unpaired) electrons. The molecule has 0 spiro atoms. The van der Waals surface area contributed by atoms with Crippen LogP contribution < -0.4 is 11.1 Å². The van der Waals surface area contributed by atoms with Crippen molar-refractivity contribution in [2.75, 3.05) is 13.1 Å². The smallest absolute Gasteiger partial charge is 0.188 e. The van der Waals surface area contributed by atoms with Crippen LogP contribution in [0.3, 0.4) is 0 Å². The average molecular weight is 312 g/mol. The molecule has 3 nitrogen and oxygen atoms in total. The predicted octanol–water partition coefficient (Wildman–Crippen LogP) is 3.04. The van der Waals surface area contributed by atoms with Gasteiger partial charge in [-0.15, -0.1) is 0 Å². The summed E-state index contributed by atoms with van der Waals surface area (Å²) in [7, 11) is 0. The lowest BCUT2D eigenvalue weighted by molar-refractivity contribution is 0.538. The average Bonchev–Trinajstić information content (AvgIpc) is 2.34. The highest BCUT2D eigenvalue weighted by Crippen LogP contribution is 2.25. The second kappa shape index (κ2) is 6.78. The molecule has 3 N–H and O–H groups in total. The van der Waals surface area contributed by atoms with Crippen molar-refractivity contribution in [1.29, 1.82) is 0 Å². The van der Waals surface area contributed by atoms with Gasteiger partial charge in [-0.05, 0) is 24.1 Å². The van der Waals surface area contributed by atoms with Crippen LogP contribution in [-0.4, -0.2) is 19.0 Å². The minimum atomic E-state index is -0.0255. The summed E-state index contributed by atoms with van der Waals surface area (Å²) >= 11 is 3.50. The van der Waals surface area contributed by atoms with Gasteiger partial charge < -0.3 is 11.1 Å². The first-order valence-corrected chi connectivity index (χ1v) is 7.05. The SMILES string of the molecule is CCCNC(N)=NCC(C)(C)c1cccc(Br)c1. The predicted molar refractivity (Wildman–Crippen MR) is 82.0 cm³/mol. The van der Waals surface area contributed by atoms with E-state index in [1.165, 1.54) is 5.56 Å². The largest absolute Gasteiger partial charge is 0.370 e. The zero-order valence-electron chi connectivity index (χ0n) is 11.3. The van der Waals surface area contributed by atoms with Crippen molar-refractivity contribution in [2.45, 2.75) is 32.6 Å². The van der Waals surface area contributed by atoms with Crippen molar-refractivity contribution in [1.82, 2.24) is 5.32 Å². The molecule has 100 valence electrons. The van der Waals surface area contributed by atoms with Gasteiger partial charge in [0.25, 0.3) is 0 Å². The van der Waals surface area contributed by atoms with Crippen molar-refractivity contribution in [3.8, 4) is 0 Å². The van der Waals surface area contributed by atoms with E-state index in [1.807, 2.05) is 12.1 Å². The standard InChI is InChI=1S/C14H22BrN3/c1-4-8-17-13(16)18-10-14(2,3)11-6-5-7-12(15)9-11/h5-7,9H,4,8,10H2,1-3H3,(H3,16,17,18). The monoisotopic (exact) mass is 311 g/mol. The van der Waals surface area contributed by atoms with Gasteiger partial charge >= 0.3 is 0 Å². The number of aliphatic imine (C=N–C) groups is 1. The van der Waals surface area contributed by atoms with E-state index in [2.05, 4.69) is 59.1 Å². The molecular formula is C14H22BrN3. The number of nitrogens with two attached hydrogens (primary N) is 1. The lowest BCUT2D eigenvalue weighted by Crippen LogP contribution is -2.34. The molecular weight excluding hydrogens is 290 g/mol. The van der Waals surface area contributed by atoms with Crippen LogP contribution >= 0.6 is 15.9 Å². The Morgan fingerprint density at radius 1 is 1.44 bits per heavy atom. The maximum atomic E-state index is 5.80. The maximum Gasteiger partial charge on any atom is 0.188 e. The first-order valence-electron chi connectivity index (χ1n) is 6.25. The van der Waals surface area contributed by atoms with Crippen LogP contribution in [0.5, 0.6) is 0 Å². The molecule has 0 aromatic heterocycles. The number of rotatable bonds is 5. The van der Waals surface area contributed by atoms with Gasteiger partial charge in [-0.2, -0.15) is 0 Å². The highest BCUT2D eigenvalue weighted by Gasteiger charge is 2.20. The van der Waals surface area contributed by atoms with Crippen molar-refractivity contribution < 1.29 is 0 Å². The van der Waals surface area contributed by atoms with E-state index in [4.69, 9.17) is 5.73 Å². The zero-order chi connectivity index (χ0) is 13.6. The second-order valence-electron chi connectivity index (χ2n) is 5.02. The van der Waals surface area contributed by atoms with Gasteiger partial charge in [0.1, 0.15) is 0 Å². The van der Waals surface area contributed by atoms with Crippen molar-refractivity contribution >= 4 is 21.9 Å². The number of hydrogen-bond donors (Lipinski definition) is 2. The number of halogens is 1. The van der Waals surface area contributed by atoms with E-state index in [0.717, 1.165) is 17.4 Å². The van der Waals surface area contributed by atoms with Gasteiger partial charge in [0, 0.05) is 16.4 Å². The van der Waals surface area contributed by atoms with Gasteiger partial charge in [-0.3, -0.25) is 4.99 Å². The summed E-state index contributed by atoms with van der Waals surface area (Å²) in [6, 6.07) is 8.32. The zero-order valence-corrected chi connectivity index (χ0v) is 12.9. The molecule has 0 unspecified atom stereocenters.